The van der Waals surface area contributed by atoms with Gasteiger partial charge in [-0.15, -0.1) is 0 Å². The second kappa shape index (κ2) is 5.86. The summed E-state index contributed by atoms with van der Waals surface area (Å²) >= 11 is 0. The first-order valence-corrected chi connectivity index (χ1v) is 7.85. The van der Waals surface area contributed by atoms with Crippen molar-refractivity contribution >= 4 is 0 Å². The first-order valence-electron chi connectivity index (χ1n) is 7.85. The van der Waals surface area contributed by atoms with Gasteiger partial charge in [0.25, 0.3) is 0 Å². The van der Waals surface area contributed by atoms with E-state index in [1.54, 1.807) is 0 Å². The predicted molar refractivity (Wildman–Crippen MR) is 83.7 cm³/mol. The third-order valence-corrected chi connectivity index (χ3v) is 4.19. The molecule has 1 aromatic heterocycles. The van der Waals surface area contributed by atoms with E-state index in [0.29, 0.717) is 12.6 Å². The molecule has 0 spiro atoms. The van der Waals surface area contributed by atoms with Crippen molar-refractivity contribution in [3.63, 3.8) is 0 Å². The van der Waals surface area contributed by atoms with E-state index in [4.69, 9.17) is 10.8 Å². The molecule has 0 aromatic carbocycles. The first kappa shape index (κ1) is 15.5. The minimum absolute atomic E-state index is 0.0585. The van der Waals surface area contributed by atoms with Crippen LogP contribution in [0.4, 0.5) is 0 Å². The Balaban J connectivity index is 2.29. The van der Waals surface area contributed by atoms with Crippen LogP contribution in [0.15, 0.2) is 6.20 Å². The molecular weight excluding hydrogens is 248 g/mol. The fourth-order valence-corrected chi connectivity index (χ4v) is 2.92. The molecule has 4 nitrogen and oxygen atoms in total. The predicted octanol–water partition coefficient (Wildman–Crippen LogP) is 2.45. The second-order valence-corrected chi connectivity index (χ2v) is 7.14. The number of aryl methyl sites for hydroxylation is 1. The maximum atomic E-state index is 6.12. The molecule has 114 valence electrons. The summed E-state index contributed by atoms with van der Waals surface area (Å²) in [6, 6.07) is 0.295. The number of nitrogens with two attached hydrogens (primary N) is 1. The molecule has 0 radical (unpaired) electrons. The van der Waals surface area contributed by atoms with Gasteiger partial charge in [-0.05, 0) is 25.3 Å². The highest BCUT2D eigenvalue weighted by Gasteiger charge is 2.31. The molecule has 1 fully saturated rings. The number of aromatic nitrogens is 2. The van der Waals surface area contributed by atoms with Gasteiger partial charge in [0.1, 0.15) is 0 Å². The van der Waals surface area contributed by atoms with Gasteiger partial charge in [0.15, 0.2) is 0 Å². The van der Waals surface area contributed by atoms with Crippen LogP contribution in [0.5, 0.6) is 0 Å². The Hall–Kier alpha value is -0.870. The van der Waals surface area contributed by atoms with E-state index in [-0.39, 0.29) is 5.41 Å². The number of nitrogens with zero attached hydrogens (tertiary/aromatic N) is 3. The Kier molecular flexibility index (Phi) is 4.55. The monoisotopic (exact) mass is 278 g/mol. The Morgan fingerprint density at radius 2 is 2.10 bits per heavy atom. The molecule has 20 heavy (non-hydrogen) atoms. The fraction of sp³-hybridized carbons (Fsp3) is 0.812. The average molecular weight is 278 g/mol. The van der Waals surface area contributed by atoms with E-state index in [1.165, 1.54) is 30.6 Å². The molecule has 0 aliphatic heterocycles. The van der Waals surface area contributed by atoms with Crippen molar-refractivity contribution in [1.82, 2.24) is 14.7 Å². The van der Waals surface area contributed by atoms with Crippen molar-refractivity contribution in [2.24, 2.45) is 18.7 Å². The van der Waals surface area contributed by atoms with Gasteiger partial charge in [0, 0.05) is 37.3 Å². The van der Waals surface area contributed by atoms with E-state index in [0.717, 1.165) is 12.5 Å². The normalized spacial score (nSPS) is 17.8. The van der Waals surface area contributed by atoms with E-state index < -0.39 is 0 Å². The Bertz CT molecular complexity index is 440. The summed E-state index contributed by atoms with van der Waals surface area (Å²) in [6.07, 6.45) is 4.92. The molecule has 1 unspecified atom stereocenters. The number of likely N-dealkylation sites (N-methyl/N-ethyl adjacent to an activating group) is 1. The summed E-state index contributed by atoms with van der Waals surface area (Å²) in [5.74, 6) is 0.888. The van der Waals surface area contributed by atoms with Crippen LogP contribution in [-0.4, -0.2) is 34.3 Å². The zero-order chi connectivity index (χ0) is 14.9. The molecule has 1 heterocycles. The Morgan fingerprint density at radius 3 is 2.55 bits per heavy atom. The van der Waals surface area contributed by atoms with Gasteiger partial charge in [-0.25, -0.2) is 0 Å². The topological polar surface area (TPSA) is 47.1 Å². The van der Waals surface area contributed by atoms with Gasteiger partial charge >= 0.3 is 0 Å². The summed E-state index contributed by atoms with van der Waals surface area (Å²) in [6.45, 7) is 11.8. The zero-order valence-corrected chi connectivity index (χ0v) is 13.7. The summed E-state index contributed by atoms with van der Waals surface area (Å²) < 4.78 is 1.93. The van der Waals surface area contributed by atoms with Crippen molar-refractivity contribution in [2.45, 2.75) is 52.0 Å². The van der Waals surface area contributed by atoms with Crippen molar-refractivity contribution < 1.29 is 0 Å². The third-order valence-electron chi connectivity index (χ3n) is 4.19. The highest BCUT2D eigenvalue weighted by atomic mass is 15.3. The van der Waals surface area contributed by atoms with Gasteiger partial charge in [-0.3, -0.25) is 9.58 Å². The van der Waals surface area contributed by atoms with Crippen LogP contribution in [0, 0.1) is 5.92 Å². The molecule has 0 saturated heterocycles. The Labute approximate surface area is 123 Å². The third kappa shape index (κ3) is 3.41. The van der Waals surface area contributed by atoms with Crippen LogP contribution in [0.3, 0.4) is 0 Å². The van der Waals surface area contributed by atoms with Gasteiger partial charge in [0.2, 0.25) is 0 Å². The second-order valence-electron chi connectivity index (χ2n) is 7.14. The van der Waals surface area contributed by atoms with Gasteiger partial charge < -0.3 is 5.73 Å². The zero-order valence-electron chi connectivity index (χ0n) is 13.7. The first-order chi connectivity index (χ1) is 9.36. The molecule has 1 atom stereocenters. The lowest BCUT2D eigenvalue weighted by Gasteiger charge is -2.31. The summed E-state index contributed by atoms with van der Waals surface area (Å²) in [5, 5.41) is 4.70. The summed E-state index contributed by atoms with van der Waals surface area (Å²) in [5.41, 5.74) is 8.67. The number of rotatable bonds is 6. The van der Waals surface area contributed by atoms with Crippen molar-refractivity contribution in [3.05, 3.63) is 17.5 Å². The molecule has 2 rings (SSSR count). The van der Waals surface area contributed by atoms with Crippen LogP contribution in [-0.2, 0) is 12.5 Å². The molecule has 4 heteroatoms. The lowest BCUT2D eigenvalue weighted by atomic mass is 9.87. The molecule has 1 aliphatic rings. The summed E-state index contributed by atoms with van der Waals surface area (Å²) in [4.78, 5) is 2.53. The lowest BCUT2D eigenvalue weighted by molar-refractivity contribution is 0.201. The molecule has 0 amide bonds. The maximum absolute atomic E-state index is 6.12. The van der Waals surface area contributed by atoms with Crippen LogP contribution in [0.1, 0.15) is 57.8 Å². The van der Waals surface area contributed by atoms with Crippen molar-refractivity contribution in [1.29, 1.82) is 0 Å². The van der Waals surface area contributed by atoms with Gasteiger partial charge in [-0.1, -0.05) is 27.7 Å². The van der Waals surface area contributed by atoms with Crippen molar-refractivity contribution in [3.8, 4) is 0 Å². The average Bonchev–Trinajstić information content (AvgIpc) is 3.09. The van der Waals surface area contributed by atoms with E-state index in [9.17, 15) is 0 Å². The van der Waals surface area contributed by atoms with Gasteiger partial charge in [0.05, 0.1) is 11.7 Å². The van der Waals surface area contributed by atoms with Crippen LogP contribution in [0.25, 0.3) is 0 Å². The molecular formula is C16H30N4. The largest absolute Gasteiger partial charge is 0.329 e. The van der Waals surface area contributed by atoms with Crippen LogP contribution >= 0.6 is 0 Å². The fourth-order valence-electron chi connectivity index (χ4n) is 2.92. The molecule has 0 bridgehead atoms. The number of hydrogen-bond acceptors (Lipinski definition) is 3. The Morgan fingerprint density at radius 1 is 1.45 bits per heavy atom. The maximum Gasteiger partial charge on any atom is 0.0726 e. The highest BCUT2D eigenvalue weighted by Crippen LogP contribution is 2.35. The lowest BCUT2D eigenvalue weighted by Crippen LogP contribution is -2.36. The van der Waals surface area contributed by atoms with E-state index >= 15 is 0 Å². The quantitative estimate of drug-likeness (QED) is 0.869. The van der Waals surface area contributed by atoms with Gasteiger partial charge in [-0.2, -0.15) is 5.10 Å². The standard InChI is InChI=1S/C16H30N4/c1-6-20(10-12-7-8-12)14(9-17)13-11-19(5)18-15(13)16(2,3)4/h11-12,14H,6-10,17H2,1-5H3. The smallest absolute Gasteiger partial charge is 0.0726 e. The van der Waals surface area contributed by atoms with Crippen molar-refractivity contribution in [2.75, 3.05) is 19.6 Å². The summed E-state index contributed by atoms with van der Waals surface area (Å²) in [7, 11) is 2.00. The van der Waals surface area contributed by atoms with Crippen LogP contribution in [0.2, 0.25) is 0 Å². The van der Waals surface area contributed by atoms with E-state index in [2.05, 4.69) is 38.8 Å². The molecule has 1 saturated carbocycles. The number of hydrogen-bond donors (Lipinski definition) is 1. The molecule has 1 aromatic rings. The highest BCUT2D eigenvalue weighted by molar-refractivity contribution is 5.28. The molecule has 2 N–H and O–H groups in total. The minimum Gasteiger partial charge on any atom is -0.329 e. The van der Waals surface area contributed by atoms with Crippen LogP contribution < -0.4 is 5.73 Å². The van der Waals surface area contributed by atoms with E-state index in [1.807, 2.05) is 11.7 Å². The molecule has 1 aliphatic carbocycles. The SMILES string of the molecule is CCN(CC1CC1)C(CN)c1cn(C)nc1C(C)(C)C. The minimum atomic E-state index is 0.0585.